The minimum absolute atomic E-state index is 0.0362. The van der Waals surface area contributed by atoms with Gasteiger partial charge in [0, 0.05) is 57.3 Å². The van der Waals surface area contributed by atoms with Crippen molar-refractivity contribution in [3.8, 4) is 5.75 Å². The van der Waals surface area contributed by atoms with Crippen LogP contribution in [-0.2, 0) is 11.0 Å². The number of hydrogen-bond donors (Lipinski definition) is 1. The van der Waals surface area contributed by atoms with Crippen LogP contribution >= 0.6 is 0 Å². The normalized spacial score (nSPS) is 14.8. The molecular weight excluding hydrogens is 375 g/mol. The average molecular weight is 395 g/mol. The van der Waals surface area contributed by atoms with Gasteiger partial charge in [0.15, 0.2) is 0 Å². The van der Waals surface area contributed by atoms with Crippen LogP contribution in [0.3, 0.4) is 0 Å². The first-order valence-electron chi connectivity index (χ1n) is 8.62. The molecule has 0 aliphatic carbocycles. The van der Waals surface area contributed by atoms with Crippen LogP contribution < -0.4 is 15.0 Å². The highest BCUT2D eigenvalue weighted by Crippen LogP contribution is 2.32. The van der Waals surface area contributed by atoms with Gasteiger partial charge in [-0.05, 0) is 12.1 Å². The van der Waals surface area contributed by atoms with Gasteiger partial charge in [0.1, 0.15) is 5.75 Å². The van der Waals surface area contributed by atoms with Gasteiger partial charge < -0.3 is 19.9 Å². The van der Waals surface area contributed by atoms with Crippen molar-refractivity contribution >= 4 is 23.2 Å². The summed E-state index contributed by atoms with van der Waals surface area (Å²) >= 11 is 0. The Morgan fingerprint density at radius 2 is 1.79 bits per heavy atom. The Kier molecular flexibility index (Phi) is 5.57. The lowest BCUT2D eigenvalue weighted by molar-refractivity contribution is -0.138. The third-order valence-corrected chi connectivity index (χ3v) is 4.50. The first-order valence-corrected chi connectivity index (χ1v) is 8.62. The van der Waals surface area contributed by atoms with Crippen molar-refractivity contribution in [2.45, 2.75) is 13.1 Å². The van der Waals surface area contributed by atoms with Crippen molar-refractivity contribution < 1.29 is 22.7 Å². The van der Waals surface area contributed by atoms with Crippen molar-refractivity contribution in [2.24, 2.45) is 0 Å². The number of anilines is 3. The lowest BCUT2D eigenvalue weighted by atomic mass is 10.2. The van der Waals surface area contributed by atoms with Crippen LogP contribution in [0.5, 0.6) is 5.75 Å². The summed E-state index contributed by atoms with van der Waals surface area (Å²) in [4.78, 5) is 22.8. The number of piperazine rings is 1. The second-order valence-electron chi connectivity index (χ2n) is 6.30. The lowest BCUT2D eigenvalue weighted by Gasteiger charge is -2.35. The molecule has 0 unspecified atom stereocenters. The van der Waals surface area contributed by atoms with E-state index in [9.17, 15) is 18.0 Å². The number of aromatic nitrogens is 2. The molecule has 1 amide bonds. The molecule has 1 aromatic heterocycles. The van der Waals surface area contributed by atoms with Crippen LogP contribution in [0, 0.1) is 0 Å². The predicted molar refractivity (Wildman–Crippen MR) is 97.8 cm³/mol. The monoisotopic (exact) mass is 395 g/mol. The average Bonchev–Trinajstić information content (AvgIpc) is 2.68. The summed E-state index contributed by atoms with van der Waals surface area (Å²) in [6.45, 7) is 4.27. The van der Waals surface area contributed by atoms with E-state index < -0.39 is 11.7 Å². The Labute approximate surface area is 160 Å². The second kappa shape index (κ2) is 7.91. The topological polar surface area (TPSA) is 70.6 Å². The van der Waals surface area contributed by atoms with E-state index in [-0.39, 0.29) is 11.9 Å². The molecule has 1 fully saturated rings. The van der Waals surface area contributed by atoms with Gasteiger partial charge in [0.2, 0.25) is 11.9 Å². The minimum atomic E-state index is -4.48. The molecule has 1 saturated heterocycles. The molecule has 7 nitrogen and oxygen atoms in total. The maximum atomic E-state index is 12.6. The number of hydrogen-bond acceptors (Lipinski definition) is 6. The Bertz CT molecular complexity index is 834. The number of nitrogens with one attached hydrogen (secondary N) is 1. The first kappa shape index (κ1) is 19.7. The molecule has 2 aromatic rings. The SMILES string of the molecule is COc1cc(N2CCN(C(C)=O)CC2)ccc1Nc1ncc(C(F)(F)F)cn1. The van der Waals surface area contributed by atoms with E-state index in [1.807, 2.05) is 12.1 Å². The number of ether oxygens (including phenoxy) is 1. The summed E-state index contributed by atoms with van der Waals surface area (Å²) in [7, 11) is 1.51. The molecule has 3 rings (SSSR count). The summed E-state index contributed by atoms with van der Waals surface area (Å²) in [6.07, 6.45) is -3.03. The highest BCUT2D eigenvalue weighted by molar-refractivity contribution is 5.74. The number of carbonyl (C=O) groups excluding carboxylic acids is 1. The molecule has 2 heterocycles. The zero-order chi connectivity index (χ0) is 20.3. The fourth-order valence-electron chi connectivity index (χ4n) is 2.92. The standard InChI is InChI=1S/C18H20F3N5O2/c1-12(27)25-5-7-26(8-6-25)14-3-4-15(16(9-14)28-2)24-17-22-10-13(11-23-17)18(19,20)21/h3-4,9-11H,5-8H2,1-2H3,(H,22,23,24). The molecule has 1 N–H and O–H groups in total. The maximum absolute atomic E-state index is 12.6. The smallest absolute Gasteiger partial charge is 0.419 e. The van der Waals surface area contributed by atoms with E-state index in [1.54, 1.807) is 17.9 Å². The molecule has 28 heavy (non-hydrogen) atoms. The Balaban J connectivity index is 1.72. The minimum Gasteiger partial charge on any atom is -0.494 e. The third kappa shape index (κ3) is 4.44. The summed E-state index contributed by atoms with van der Waals surface area (Å²) in [5, 5.41) is 2.87. The largest absolute Gasteiger partial charge is 0.494 e. The van der Waals surface area contributed by atoms with Crippen LogP contribution in [0.2, 0.25) is 0 Å². The van der Waals surface area contributed by atoms with Crippen LogP contribution in [0.1, 0.15) is 12.5 Å². The van der Waals surface area contributed by atoms with Crippen molar-refractivity contribution in [2.75, 3.05) is 43.5 Å². The van der Waals surface area contributed by atoms with E-state index in [0.717, 1.165) is 18.1 Å². The van der Waals surface area contributed by atoms with E-state index >= 15 is 0 Å². The maximum Gasteiger partial charge on any atom is 0.419 e. The van der Waals surface area contributed by atoms with Gasteiger partial charge in [-0.25, -0.2) is 9.97 Å². The summed E-state index contributed by atoms with van der Waals surface area (Å²) in [5.74, 6) is 0.609. The molecular formula is C18H20F3N5O2. The highest BCUT2D eigenvalue weighted by atomic mass is 19.4. The second-order valence-corrected chi connectivity index (χ2v) is 6.30. The Hall–Kier alpha value is -3.04. The number of halogens is 3. The number of alkyl halides is 3. The summed E-state index contributed by atoms with van der Waals surface area (Å²) in [6, 6.07) is 5.46. The molecule has 0 bridgehead atoms. The van der Waals surface area contributed by atoms with Gasteiger partial charge in [-0.1, -0.05) is 0 Å². The van der Waals surface area contributed by atoms with E-state index in [4.69, 9.17) is 4.74 Å². The van der Waals surface area contributed by atoms with Gasteiger partial charge in [0.25, 0.3) is 0 Å². The van der Waals surface area contributed by atoms with Gasteiger partial charge in [0.05, 0.1) is 18.4 Å². The van der Waals surface area contributed by atoms with Gasteiger partial charge in [-0.15, -0.1) is 0 Å². The van der Waals surface area contributed by atoms with Crippen LogP contribution in [-0.4, -0.2) is 54.1 Å². The molecule has 10 heteroatoms. The molecule has 0 spiro atoms. The molecule has 0 saturated carbocycles. The summed E-state index contributed by atoms with van der Waals surface area (Å²) < 4.78 is 43.2. The van der Waals surface area contributed by atoms with E-state index in [2.05, 4.69) is 20.2 Å². The fourth-order valence-corrected chi connectivity index (χ4v) is 2.92. The van der Waals surface area contributed by atoms with Crippen molar-refractivity contribution in [3.63, 3.8) is 0 Å². The lowest BCUT2D eigenvalue weighted by Crippen LogP contribution is -2.48. The zero-order valence-electron chi connectivity index (χ0n) is 15.5. The van der Waals surface area contributed by atoms with Gasteiger partial charge in [-0.2, -0.15) is 13.2 Å². The zero-order valence-corrected chi connectivity index (χ0v) is 15.5. The Morgan fingerprint density at radius 1 is 1.14 bits per heavy atom. The summed E-state index contributed by atoms with van der Waals surface area (Å²) in [5.41, 5.74) is 0.553. The van der Waals surface area contributed by atoms with Crippen LogP contribution in [0.4, 0.5) is 30.5 Å². The van der Waals surface area contributed by atoms with Gasteiger partial charge >= 0.3 is 6.18 Å². The molecule has 0 atom stereocenters. The number of methoxy groups -OCH3 is 1. The number of carbonyl (C=O) groups is 1. The van der Waals surface area contributed by atoms with E-state index in [0.29, 0.717) is 37.6 Å². The molecule has 0 radical (unpaired) electrons. The quantitative estimate of drug-likeness (QED) is 0.859. The van der Waals surface area contributed by atoms with Crippen molar-refractivity contribution in [1.29, 1.82) is 0 Å². The van der Waals surface area contributed by atoms with Crippen molar-refractivity contribution in [1.82, 2.24) is 14.9 Å². The molecule has 1 aromatic carbocycles. The van der Waals surface area contributed by atoms with Crippen molar-refractivity contribution in [3.05, 3.63) is 36.2 Å². The highest BCUT2D eigenvalue weighted by Gasteiger charge is 2.31. The van der Waals surface area contributed by atoms with Crippen LogP contribution in [0.15, 0.2) is 30.6 Å². The number of rotatable bonds is 4. The van der Waals surface area contributed by atoms with Gasteiger partial charge in [-0.3, -0.25) is 4.79 Å². The Morgan fingerprint density at radius 3 is 2.32 bits per heavy atom. The molecule has 150 valence electrons. The van der Waals surface area contributed by atoms with Crippen LogP contribution in [0.25, 0.3) is 0 Å². The number of nitrogens with zero attached hydrogens (tertiary/aromatic N) is 4. The third-order valence-electron chi connectivity index (χ3n) is 4.50. The molecule has 1 aliphatic heterocycles. The number of amides is 1. The number of benzene rings is 1. The fraction of sp³-hybridized carbons (Fsp3) is 0.389. The van der Waals surface area contributed by atoms with E-state index in [1.165, 1.54) is 7.11 Å². The molecule has 1 aliphatic rings. The first-order chi connectivity index (χ1) is 13.3. The predicted octanol–water partition coefficient (Wildman–Crippen LogP) is 2.92.